The summed E-state index contributed by atoms with van der Waals surface area (Å²) in [7, 11) is 0. The SMILES string of the molecule is Cc1cc(Cl)cc(Cl)c1N=C(CI)c1cccc(C(CI)=Nc2c(C)cc(Cl)cc2Cl)n1. The van der Waals surface area contributed by atoms with Crippen molar-refractivity contribution in [3.05, 3.63) is 85.1 Å². The molecule has 0 fully saturated rings. The Hall–Kier alpha value is -0.450. The van der Waals surface area contributed by atoms with Crippen LogP contribution in [0.25, 0.3) is 0 Å². The van der Waals surface area contributed by atoms with Crippen molar-refractivity contribution in [2.45, 2.75) is 13.8 Å². The zero-order valence-corrected chi connectivity index (χ0v) is 24.4. The van der Waals surface area contributed by atoms with Crippen molar-refractivity contribution < 1.29 is 0 Å². The maximum Gasteiger partial charge on any atom is 0.0860 e. The summed E-state index contributed by atoms with van der Waals surface area (Å²) in [6.07, 6.45) is 0. The highest BCUT2D eigenvalue weighted by Gasteiger charge is 2.13. The smallest absolute Gasteiger partial charge is 0.0860 e. The van der Waals surface area contributed by atoms with E-state index in [1.807, 2.05) is 44.2 Å². The molecule has 0 amide bonds. The number of aryl methyl sites for hydroxylation is 2. The number of hydrogen-bond acceptors (Lipinski definition) is 3. The minimum atomic E-state index is 0.510. The largest absolute Gasteiger partial charge is 0.249 e. The number of halogens is 6. The van der Waals surface area contributed by atoms with Crippen LogP contribution in [0, 0.1) is 13.8 Å². The molecule has 0 aliphatic carbocycles. The molecular weight excluding hydrogens is 714 g/mol. The van der Waals surface area contributed by atoms with Crippen molar-refractivity contribution in [3.63, 3.8) is 0 Å². The van der Waals surface area contributed by atoms with Crippen LogP contribution in [-0.2, 0) is 0 Å². The lowest BCUT2D eigenvalue weighted by molar-refractivity contribution is 1.24. The van der Waals surface area contributed by atoms with Gasteiger partial charge in [-0.15, -0.1) is 0 Å². The molecule has 3 rings (SSSR count). The fraction of sp³-hybridized carbons (Fsp3) is 0.174. The standard InChI is InChI=1S/C23H17Cl4I2N3/c1-12-6-14(24)8-16(26)22(12)31-20(10-28)18-4-3-5-19(30-18)21(11-29)32-23-13(2)7-15(25)9-17(23)27/h3-9H,10-11H2,1-2H3. The molecule has 0 spiro atoms. The summed E-state index contributed by atoms with van der Waals surface area (Å²) in [4.78, 5) is 14.5. The number of aliphatic imine (C=N–C) groups is 2. The molecule has 0 atom stereocenters. The topological polar surface area (TPSA) is 37.6 Å². The van der Waals surface area contributed by atoms with Gasteiger partial charge in [0, 0.05) is 18.9 Å². The normalized spacial score (nSPS) is 12.4. The lowest BCUT2D eigenvalue weighted by atomic mass is 10.1. The van der Waals surface area contributed by atoms with Crippen molar-refractivity contribution in [2.24, 2.45) is 9.98 Å². The lowest BCUT2D eigenvalue weighted by Crippen LogP contribution is -2.11. The summed E-state index contributed by atoms with van der Waals surface area (Å²) in [6, 6.07) is 12.9. The maximum atomic E-state index is 6.40. The summed E-state index contributed by atoms with van der Waals surface area (Å²) in [5.74, 6) is 0. The number of pyridine rings is 1. The van der Waals surface area contributed by atoms with Crippen molar-refractivity contribution in [3.8, 4) is 0 Å². The summed E-state index contributed by atoms with van der Waals surface area (Å²) in [5.41, 5.74) is 6.36. The van der Waals surface area contributed by atoms with Gasteiger partial charge in [-0.2, -0.15) is 0 Å². The maximum absolute atomic E-state index is 6.40. The molecule has 9 heteroatoms. The van der Waals surface area contributed by atoms with Crippen LogP contribution in [0.1, 0.15) is 22.5 Å². The molecule has 0 aliphatic heterocycles. The second-order valence-corrected chi connectivity index (χ2v) is 10.1. The van der Waals surface area contributed by atoms with Gasteiger partial charge >= 0.3 is 0 Å². The average Bonchev–Trinajstić information content (AvgIpc) is 2.73. The van der Waals surface area contributed by atoms with E-state index in [0.717, 1.165) is 33.9 Å². The van der Waals surface area contributed by atoms with Crippen molar-refractivity contribution in [1.82, 2.24) is 4.98 Å². The molecule has 0 aliphatic rings. The average molecular weight is 731 g/mol. The number of nitrogens with zero attached hydrogens (tertiary/aromatic N) is 3. The number of hydrogen-bond donors (Lipinski definition) is 0. The van der Waals surface area contributed by atoms with Crippen molar-refractivity contribution in [1.29, 1.82) is 0 Å². The quantitative estimate of drug-likeness (QED) is 0.142. The van der Waals surface area contributed by atoms with E-state index >= 15 is 0 Å². The molecular formula is C23H17Cl4I2N3. The molecule has 0 unspecified atom stereocenters. The first-order valence-electron chi connectivity index (χ1n) is 9.39. The zero-order valence-electron chi connectivity index (χ0n) is 17.1. The molecule has 0 bridgehead atoms. The van der Waals surface area contributed by atoms with Crippen LogP contribution in [0.4, 0.5) is 11.4 Å². The van der Waals surface area contributed by atoms with Gasteiger partial charge in [-0.1, -0.05) is 97.7 Å². The van der Waals surface area contributed by atoms with E-state index in [1.165, 1.54) is 0 Å². The van der Waals surface area contributed by atoms with Gasteiger partial charge in [0.05, 0.1) is 44.2 Å². The van der Waals surface area contributed by atoms with E-state index in [4.69, 9.17) is 61.4 Å². The van der Waals surface area contributed by atoms with Gasteiger partial charge in [0.2, 0.25) is 0 Å². The summed E-state index contributed by atoms with van der Waals surface area (Å²) in [5, 5.41) is 2.19. The van der Waals surface area contributed by atoms with Crippen LogP contribution in [0.3, 0.4) is 0 Å². The summed E-state index contributed by atoms with van der Waals surface area (Å²) >= 11 is 29.6. The van der Waals surface area contributed by atoms with Gasteiger partial charge in [-0.05, 0) is 61.4 Å². The van der Waals surface area contributed by atoms with E-state index in [1.54, 1.807) is 12.1 Å². The number of benzene rings is 2. The first-order chi connectivity index (χ1) is 15.2. The molecule has 166 valence electrons. The van der Waals surface area contributed by atoms with Crippen LogP contribution in [0.2, 0.25) is 20.1 Å². The Bertz CT molecular complexity index is 1090. The first kappa shape index (κ1) is 26.2. The predicted molar refractivity (Wildman–Crippen MR) is 157 cm³/mol. The Balaban J connectivity index is 2.07. The monoisotopic (exact) mass is 729 g/mol. The van der Waals surface area contributed by atoms with Crippen LogP contribution in [0.5, 0.6) is 0 Å². The summed E-state index contributed by atoms with van der Waals surface area (Å²) < 4.78 is 1.32. The molecule has 1 aromatic heterocycles. The molecule has 1 heterocycles. The third-order valence-corrected chi connectivity index (χ3v) is 6.98. The minimum absolute atomic E-state index is 0.510. The molecule has 2 aromatic carbocycles. The first-order valence-corrected chi connectivity index (χ1v) is 14.0. The number of alkyl halides is 2. The molecule has 0 saturated heterocycles. The third-order valence-electron chi connectivity index (χ3n) is 4.52. The molecule has 3 aromatic rings. The highest BCUT2D eigenvalue weighted by Crippen LogP contribution is 2.34. The minimum Gasteiger partial charge on any atom is -0.249 e. The van der Waals surface area contributed by atoms with Crippen LogP contribution in [-0.4, -0.2) is 25.3 Å². The van der Waals surface area contributed by atoms with E-state index in [9.17, 15) is 0 Å². The fourth-order valence-corrected chi connectivity index (χ4v) is 5.41. The Morgan fingerprint density at radius 3 is 1.50 bits per heavy atom. The van der Waals surface area contributed by atoms with Gasteiger partial charge in [0.1, 0.15) is 0 Å². The number of rotatable bonds is 6. The predicted octanol–water partition coefficient (Wildman–Crippen LogP) is 9.42. The highest BCUT2D eigenvalue weighted by molar-refractivity contribution is 14.1. The second-order valence-electron chi connectivity index (χ2n) is 6.90. The fourth-order valence-electron chi connectivity index (χ4n) is 3.01. The molecule has 0 saturated carbocycles. The molecule has 0 N–H and O–H groups in total. The molecule has 3 nitrogen and oxygen atoms in total. The van der Waals surface area contributed by atoms with E-state index in [-0.39, 0.29) is 0 Å². The zero-order chi connectivity index (χ0) is 23.4. The van der Waals surface area contributed by atoms with Gasteiger partial charge in [-0.3, -0.25) is 0 Å². The summed E-state index contributed by atoms with van der Waals surface area (Å²) in [6.45, 7) is 3.87. The third kappa shape index (κ3) is 6.36. The Morgan fingerprint density at radius 2 is 1.16 bits per heavy atom. The van der Waals surface area contributed by atoms with Crippen molar-refractivity contribution in [2.75, 3.05) is 8.86 Å². The van der Waals surface area contributed by atoms with Gasteiger partial charge in [0.25, 0.3) is 0 Å². The van der Waals surface area contributed by atoms with Gasteiger partial charge in [0.15, 0.2) is 0 Å². The molecule has 0 radical (unpaired) electrons. The second kappa shape index (κ2) is 11.8. The van der Waals surface area contributed by atoms with Crippen LogP contribution < -0.4 is 0 Å². The van der Waals surface area contributed by atoms with E-state index in [0.29, 0.717) is 40.3 Å². The lowest BCUT2D eigenvalue weighted by Gasteiger charge is -2.10. The Labute approximate surface area is 234 Å². The van der Waals surface area contributed by atoms with E-state index in [2.05, 4.69) is 45.2 Å². The highest BCUT2D eigenvalue weighted by atomic mass is 127. The van der Waals surface area contributed by atoms with Crippen LogP contribution >= 0.6 is 91.6 Å². The van der Waals surface area contributed by atoms with Crippen LogP contribution in [0.15, 0.2) is 52.4 Å². The van der Waals surface area contributed by atoms with Crippen molar-refractivity contribution >= 4 is 114 Å². The molecule has 32 heavy (non-hydrogen) atoms. The number of aromatic nitrogens is 1. The Morgan fingerprint density at radius 1 is 0.750 bits per heavy atom. The van der Waals surface area contributed by atoms with E-state index < -0.39 is 0 Å². The van der Waals surface area contributed by atoms with Gasteiger partial charge < -0.3 is 0 Å². The van der Waals surface area contributed by atoms with Gasteiger partial charge in [-0.25, -0.2) is 15.0 Å². The Kier molecular flexibility index (Phi) is 9.65.